The Hall–Kier alpha value is -1.37. The van der Waals surface area contributed by atoms with E-state index in [-0.39, 0.29) is 22.1 Å². The summed E-state index contributed by atoms with van der Waals surface area (Å²) in [6.45, 7) is 0. The first-order valence-corrected chi connectivity index (χ1v) is 8.13. The van der Waals surface area contributed by atoms with E-state index in [1.54, 1.807) is 18.4 Å². The lowest BCUT2D eigenvalue weighted by Crippen LogP contribution is -2.04. The average molecular weight is 381 g/mol. The number of thioether (sulfide) groups is 1. The standard InChI is InChI=1S/C15H9Cl2F3O2S/c1-23-13-5-3-9(7-10(13)14(17)21)22-12-4-2-8(6-11(12)16)15(18,19)20/h2-7H,1H3. The lowest BCUT2D eigenvalue weighted by Gasteiger charge is -2.12. The molecule has 2 nitrogen and oxygen atoms in total. The van der Waals surface area contributed by atoms with E-state index in [9.17, 15) is 18.0 Å². The molecular weight excluding hydrogens is 372 g/mol. The molecule has 0 saturated carbocycles. The van der Waals surface area contributed by atoms with Crippen LogP contribution in [-0.4, -0.2) is 11.5 Å². The molecular formula is C15H9Cl2F3O2S. The molecule has 0 aliphatic carbocycles. The normalized spacial score (nSPS) is 11.4. The van der Waals surface area contributed by atoms with E-state index in [0.717, 1.165) is 18.2 Å². The number of halogens is 5. The third-order valence-corrected chi connectivity index (χ3v) is 4.16. The van der Waals surface area contributed by atoms with Crippen LogP contribution in [0.3, 0.4) is 0 Å². The number of rotatable bonds is 4. The summed E-state index contributed by atoms with van der Waals surface area (Å²) in [5.41, 5.74) is -0.621. The van der Waals surface area contributed by atoms with E-state index in [1.165, 1.54) is 17.8 Å². The lowest BCUT2D eigenvalue weighted by atomic mass is 10.2. The molecule has 0 saturated heterocycles. The predicted molar refractivity (Wildman–Crippen MR) is 84.9 cm³/mol. The highest BCUT2D eigenvalue weighted by Gasteiger charge is 2.31. The number of hydrogen-bond acceptors (Lipinski definition) is 3. The molecule has 122 valence electrons. The summed E-state index contributed by atoms with van der Waals surface area (Å²) in [4.78, 5) is 12.1. The minimum atomic E-state index is -4.49. The molecule has 0 aromatic heterocycles. The number of alkyl halides is 3. The maximum atomic E-state index is 12.6. The average Bonchev–Trinajstić information content (AvgIpc) is 2.48. The van der Waals surface area contributed by atoms with E-state index >= 15 is 0 Å². The molecule has 0 heterocycles. The minimum Gasteiger partial charge on any atom is -0.456 e. The molecule has 23 heavy (non-hydrogen) atoms. The Bertz CT molecular complexity index is 748. The highest BCUT2D eigenvalue weighted by Crippen LogP contribution is 2.37. The van der Waals surface area contributed by atoms with Gasteiger partial charge in [0.25, 0.3) is 5.24 Å². The SMILES string of the molecule is CSc1ccc(Oc2ccc(C(F)(F)F)cc2Cl)cc1C(=O)Cl. The van der Waals surface area contributed by atoms with Crippen molar-refractivity contribution >= 4 is 40.2 Å². The van der Waals surface area contributed by atoms with Gasteiger partial charge in [0, 0.05) is 4.90 Å². The van der Waals surface area contributed by atoms with Crippen LogP contribution in [0.5, 0.6) is 11.5 Å². The van der Waals surface area contributed by atoms with Crippen molar-refractivity contribution in [3.05, 3.63) is 52.5 Å². The highest BCUT2D eigenvalue weighted by atomic mass is 35.5. The molecule has 0 aliphatic heterocycles. The summed E-state index contributed by atoms with van der Waals surface area (Å²) in [6.07, 6.45) is -2.70. The zero-order chi connectivity index (χ0) is 17.2. The molecule has 0 aliphatic rings. The van der Waals surface area contributed by atoms with Crippen molar-refractivity contribution in [2.75, 3.05) is 6.26 Å². The van der Waals surface area contributed by atoms with Gasteiger partial charge in [-0.05, 0) is 54.3 Å². The van der Waals surface area contributed by atoms with Crippen LogP contribution in [-0.2, 0) is 6.18 Å². The second-order valence-electron chi connectivity index (χ2n) is 4.38. The fraction of sp³-hybridized carbons (Fsp3) is 0.133. The first-order chi connectivity index (χ1) is 10.7. The van der Waals surface area contributed by atoms with Gasteiger partial charge in [-0.25, -0.2) is 0 Å². The second-order valence-corrected chi connectivity index (χ2v) is 5.98. The number of ether oxygens (including phenoxy) is 1. The van der Waals surface area contributed by atoms with Crippen LogP contribution in [0, 0.1) is 0 Å². The van der Waals surface area contributed by atoms with Gasteiger partial charge in [0.15, 0.2) is 0 Å². The van der Waals surface area contributed by atoms with Gasteiger partial charge >= 0.3 is 6.18 Å². The van der Waals surface area contributed by atoms with Crippen LogP contribution >= 0.6 is 35.0 Å². The maximum Gasteiger partial charge on any atom is 0.416 e. The summed E-state index contributed by atoms with van der Waals surface area (Å²) < 4.78 is 43.2. The van der Waals surface area contributed by atoms with Crippen molar-refractivity contribution < 1.29 is 22.7 Å². The van der Waals surface area contributed by atoms with Gasteiger partial charge in [-0.15, -0.1) is 11.8 Å². The van der Waals surface area contributed by atoms with Crippen LogP contribution in [0.15, 0.2) is 41.3 Å². The van der Waals surface area contributed by atoms with E-state index < -0.39 is 17.0 Å². The number of hydrogen-bond donors (Lipinski definition) is 0. The predicted octanol–water partition coefficient (Wildman–Crippen LogP) is 6.25. The Morgan fingerprint density at radius 1 is 1.17 bits per heavy atom. The number of carbonyl (C=O) groups excluding carboxylic acids is 1. The van der Waals surface area contributed by atoms with E-state index in [1.807, 2.05) is 0 Å². The molecule has 2 aromatic carbocycles. The molecule has 0 spiro atoms. The van der Waals surface area contributed by atoms with Crippen molar-refractivity contribution in [3.63, 3.8) is 0 Å². The highest BCUT2D eigenvalue weighted by molar-refractivity contribution is 7.98. The summed E-state index contributed by atoms with van der Waals surface area (Å²) in [7, 11) is 0. The lowest BCUT2D eigenvalue weighted by molar-refractivity contribution is -0.137. The summed E-state index contributed by atoms with van der Waals surface area (Å²) in [6, 6.07) is 7.38. The third kappa shape index (κ3) is 4.34. The summed E-state index contributed by atoms with van der Waals surface area (Å²) in [5, 5.41) is -0.842. The van der Waals surface area contributed by atoms with Crippen LogP contribution in [0.25, 0.3) is 0 Å². The van der Waals surface area contributed by atoms with Gasteiger partial charge in [0.05, 0.1) is 16.1 Å². The monoisotopic (exact) mass is 380 g/mol. The largest absolute Gasteiger partial charge is 0.456 e. The zero-order valence-corrected chi connectivity index (χ0v) is 13.9. The van der Waals surface area contributed by atoms with Crippen LogP contribution < -0.4 is 4.74 Å². The van der Waals surface area contributed by atoms with Crippen LogP contribution in [0.4, 0.5) is 13.2 Å². The maximum absolute atomic E-state index is 12.6. The molecule has 0 fully saturated rings. The molecule has 2 rings (SSSR count). The van der Waals surface area contributed by atoms with Crippen molar-refractivity contribution in [2.45, 2.75) is 11.1 Å². The molecule has 0 atom stereocenters. The van der Waals surface area contributed by atoms with Gasteiger partial charge in [-0.3, -0.25) is 4.79 Å². The number of benzene rings is 2. The Balaban J connectivity index is 2.33. The Kier molecular flexibility index (Phi) is 5.49. The smallest absolute Gasteiger partial charge is 0.416 e. The van der Waals surface area contributed by atoms with Crippen molar-refractivity contribution in [1.82, 2.24) is 0 Å². The van der Waals surface area contributed by atoms with Crippen molar-refractivity contribution in [1.29, 1.82) is 0 Å². The second kappa shape index (κ2) is 7.03. The summed E-state index contributed by atoms with van der Waals surface area (Å²) >= 11 is 12.7. The van der Waals surface area contributed by atoms with Crippen LogP contribution in [0.1, 0.15) is 15.9 Å². The zero-order valence-electron chi connectivity index (χ0n) is 11.6. The van der Waals surface area contributed by atoms with E-state index in [0.29, 0.717) is 4.90 Å². The first kappa shape index (κ1) is 18.0. The van der Waals surface area contributed by atoms with Gasteiger partial charge < -0.3 is 4.74 Å². The first-order valence-electron chi connectivity index (χ1n) is 6.15. The fourth-order valence-electron chi connectivity index (χ4n) is 1.79. The van der Waals surface area contributed by atoms with Gasteiger partial charge in [0.2, 0.25) is 0 Å². The fourth-order valence-corrected chi connectivity index (χ4v) is 2.80. The third-order valence-electron chi connectivity index (χ3n) is 2.87. The van der Waals surface area contributed by atoms with E-state index in [2.05, 4.69) is 0 Å². The molecule has 8 heteroatoms. The molecule has 0 amide bonds. The van der Waals surface area contributed by atoms with Crippen LogP contribution in [0.2, 0.25) is 5.02 Å². The summed E-state index contributed by atoms with van der Waals surface area (Å²) in [5.74, 6) is 0.290. The van der Waals surface area contributed by atoms with Crippen molar-refractivity contribution in [3.8, 4) is 11.5 Å². The Morgan fingerprint density at radius 3 is 2.39 bits per heavy atom. The quantitative estimate of drug-likeness (QED) is 0.462. The molecule has 0 N–H and O–H groups in total. The Morgan fingerprint density at radius 2 is 1.87 bits per heavy atom. The van der Waals surface area contributed by atoms with Gasteiger partial charge in [0.1, 0.15) is 11.5 Å². The van der Waals surface area contributed by atoms with Gasteiger partial charge in [-0.2, -0.15) is 13.2 Å². The number of carbonyl (C=O) groups is 1. The molecule has 0 unspecified atom stereocenters. The Labute approximate surface area is 144 Å². The molecule has 0 bridgehead atoms. The molecule has 2 aromatic rings. The van der Waals surface area contributed by atoms with Gasteiger partial charge in [-0.1, -0.05) is 11.6 Å². The minimum absolute atomic E-state index is 0.0459. The molecule has 0 radical (unpaired) electrons. The van der Waals surface area contributed by atoms with Crippen molar-refractivity contribution in [2.24, 2.45) is 0 Å². The van der Waals surface area contributed by atoms with E-state index in [4.69, 9.17) is 27.9 Å². The topological polar surface area (TPSA) is 26.3 Å².